The number of hydrogen-bond acceptors (Lipinski definition) is 7. The van der Waals surface area contributed by atoms with Gasteiger partial charge in [-0.1, -0.05) is 53.4 Å². The zero-order chi connectivity index (χ0) is 23.3. The molecule has 34 heavy (non-hydrogen) atoms. The molecule has 1 amide bonds. The number of imidazole rings is 1. The maximum Gasteiger partial charge on any atom is 0.236 e. The van der Waals surface area contributed by atoms with Crippen LogP contribution in [0.25, 0.3) is 21.5 Å². The third kappa shape index (κ3) is 5.27. The number of carbonyl (C=O) groups excluding carboxylic acids is 1. The molecule has 1 N–H and O–H groups in total. The molecule has 1 atom stereocenters. The Labute approximate surface area is 206 Å². The third-order valence-corrected chi connectivity index (χ3v) is 7.47. The minimum absolute atomic E-state index is 0.109. The summed E-state index contributed by atoms with van der Waals surface area (Å²) in [5.74, 6) is 0.943. The number of anilines is 1. The minimum atomic E-state index is -0.109. The Morgan fingerprint density at radius 1 is 1.29 bits per heavy atom. The van der Waals surface area contributed by atoms with Crippen LogP contribution < -0.4 is 10.1 Å². The van der Waals surface area contributed by atoms with Gasteiger partial charge in [0, 0.05) is 6.61 Å². The topological polar surface area (TPSA) is 78.3 Å². The highest BCUT2D eigenvalue weighted by atomic mass is 32.2. The standard InChI is InChI=1S/C25H26N4O3S2/c1-2-31-18-10-11-20-22(13-18)34-24(27-20)28-23(30)16-33-25-26-14-21(17-7-4-3-5-8-17)29(25)15-19-9-6-12-32-19/h3-5,7-8,10-11,13-14,19H,2,6,9,12,15-16H2,1H3,(H,27,28,30). The predicted molar refractivity (Wildman–Crippen MR) is 137 cm³/mol. The normalized spacial score (nSPS) is 15.6. The van der Waals surface area contributed by atoms with Crippen LogP contribution in [0.4, 0.5) is 5.13 Å². The molecule has 176 valence electrons. The molecular formula is C25H26N4O3S2. The SMILES string of the molecule is CCOc1ccc2nc(NC(=O)CSc3ncc(-c4ccccc4)n3CC3CCCO3)sc2c1. The number of thioether (sulfide) groups is 1. The molecule has 4 aromatic rings. The van der Waals surface area contributed by atoms with Crippen LogP contribution in [0.5, 0.6) is 5.75 Å². The van der Waals surface area contributed by atoms with Gasteiger partial charge in [0.25, 0.3) is 0 Å². The highest BCUT2D eigenvalue weighted by Crippen LogP contribution is 2.31. The van der Waals surface area contributed by atoms with Crippen LogP contribution in [-0.2, 0) is 16.1 Å². The van der Waals surface area contributed by atoms with Crippen LogP contribution in [0.15, 0.2) is 59.9 Å². The van der Waals surface area contributed by atoms with Gasteiger partial charge in [-0.15, -0.1) is 0 Å². The van der Waals surface area contributed by atoms with Gasteiger partial charge in [0.15, 0.2) is 10.3 Å². The summed E-state index contributed by atoms with van der Waals surface area (Å²) in [5.41, 5.74) is 2.98. The summed E-state index contributed by atoms with van der Waals surface area (Å²) in [7, 11) is 0. The average Bonchev–Trinajstić information content (AvgIpc) is 3.59. The van der Waals surface area contributed by atoms with Crippen molar-refractivity contribution in [3.05, 3.63) is 54.7 Å². The first-order valence-electron chi connectivity index (χ1n) is 11.4. The molecule has 0 spiro atoms. The van der Waals surface area contributed by atoms with Gasteiger partial charge in [-0.2, -0.15) is 0 Å². The first-order valence-corrected chi connectivity index (χ1v) is 13.2. The number of carbonyl (C=O) groups is 1. The van der Waals surface area contributed by atoms with E-state index in [0.717, 1.165) is 58.4 Å². The van der Waals surface area contributed by atoms with Crippen LogP contribution in [0.1, 0.15) is 19.8 Å². The summed E-state index contributed by atoms with van der Waals surface area (Å²) in [5, 5.41) is 4.33. The second-order valence-electron chi connectivity index (χ2n) is 7.96. The van der Waals surface area contributed by atoms with Crippen molar-refractivity contribution >= 4 is 44.4 Å². The summed E-state index contributed by atoms with van der Waals surface area (Å²) >= 11 is 2.87. The van der Waals surface area contributed by atoms with Gasteiger partial charge in [-0.05, 0) is 43.5 Å². The van der Waals surface area contributed by atoms with E-state index in [1.54, 1.807) is 0 Å². The van der Waals surface area contributed by atoms with Crippen LogP contribution in [-0.4, -0.2) is 45.5 Å². The Morgan fingerprint density at radius 2 is 2.18 bits per heavy atom. The molecule has 1 saturated heterocycles. The van der Waals surface area contributed by atoms with Gasteiger partial charge >= 0.3 is 0 Å². The zero-order valence-corrected chi connectivity index (χ0v) is 20.5. The molecule has 0 bridgehead atoms. The Bertz CT molecular complexity index is 1270. The molecule has 0 radical (unpaired) electrons. The molecule has 2 aromatic heterocycles. The van der Waals surface area contributed by atoms with Crippen LogP contribution in [0.3, 0.4) is 0 Å². The van der Waals surface area contributed by atoms with Crippen molar-refractivity contribution in [1.29, 1.82) is 0 Å². The molecular weight excluding hydrogens is 468 g/mol. The number of ether oxygens (including phenoxy) is 2. The highest BCUT2D eigenvalue weighted by molar-refractivity contribution is 7.99. The monoisotopic (exact) mass is 494 g/mol. The molecule has 1 aliphatic rings. The minimum Gasteiger partial charge on any atom is -0.494 e. The van der Waals surface area contributed by atoms with Gasteiger partial charge in [0.05, 0.1) is 47.1 Å². The molecule has 3 heterocycles. The van der Waals surface area contributed by atoms with Crippen molar-refractivity contribution in [2.24, 2.45) is 0 Å². The molecule has 1 aliphatic heterocycles. The van der Waals surface area contributed by atoms with E-state index in [4.69, 9.17) is 9.47 Å². The van der Waals surface area contributed by atoms with Crippen molar-refractivity contribution < 1.29 is 14.3 Å². The number of nitrogens with zero attached hydrogens (tertiary/aromatic N) is 3. The first-order chi connectivity index (χ1) is 16.7. The van der Waals surface area contributed by atoms with E-state index in [1.807, 2.05) is 49.5 Å². The Morgan fingerprint density at radius 3 is 2.97 bits per heavy atom. The Hall–Kier alpha value is -2.88. The summed E-state index contributed by atoms with van der Waals surface area (Å²) in [6.45, 7) is 4.10. The average molecular weight is 495 g/mol. The number of rotatable bonds is 9. The van der Waals surface area contributed by atoms with E-state index in [1.165, 1.54) is 23.1 Å². The number of aromatic nitrogens is 3. The van der Waals surface area contributed by atoms with Crippen molar-refractivity contribution in [1.82, 2.24) is 14.5 Å². The van der Waals surface area contributed by atoms with Gasteiger partial charge in [-0.25, -0.2) is 9.97 Å². The van der Waals surface area contributed by atoms with Crippen LogP contribution in [0, 0.1) is 0 Å². The molecule has 5 rings (SSSR count). The lowest BCUT2D eigenvalue weighted by Gasteiger charge is -2.16. The first kappa shape index (κ1) is 22.9. The fourth-order valence-electron chi connectivity index (χ4n) is 3.98. The smallest absolute Gasteiger partial charge is 0.236 e. The predicted octanol–water partition coefficient (Wildman–Crippen LogP) is 5.47. The fraction of sp³-hybridized carbons (Fsp3) is 0.320. The van der Waals surface area contributed by atoms with E-state index in [2.05, 4.69) is 32.0 Å². The Balaban J connectivity index is 1.28. The molecule has 2 aromatic carbocycles. The fourth-order valence-corrected chi connectivity index (χ4v) is 5.68. The lowest BCUT2D eigenvalue weighted by atomic mass is 10.1. The second kappa shape index (κ2) is 10.6. The molecule has 9 heteroatoms. The van der Waals surface area contributed by atoms with E-state index < -0.39 is 0 Å². The van der Waals surface area contributed by atoms with Gasteiger partial charge in [-0.3, -0.25) is 4.79 Å². The van der Waals surface area contributed by atoms with Crippen molar-refractivity contribution in [2.75, 3.05) is 24.3 Å². The van der Waals surface area contributed by atoms with Crippen molar-refractivity contribution in [2.45, 2.75) is 37.6 Å². The zero-order valence-electron chi connectivity index (χ0n) is 18.9. The molecule has 0 saturated carbocycles. The molecule has 7 nitrogen and oxygen atoms in total. The van der Waals surface area contributed by atoms with E-state index in [0.29, 0.717) is 11.7 Å². The number of thiazole rings is 1. The highest BCUT2D eigenvalue weighted by Gasteiger charge is 2.21. The lowest BCUT2D eigenvalue weighted by molar-refractivity contribution is -0.113. The van der Waals surface area contributed by atoms with Gasteiger partial charge in [0.1, 0.15) is 5.75 Å². The van der Waals surface area contributed by atoms with E-state index >= 15 is 0 Å². The second-order valence-corrected chi connectivity index (χ2v) is 9.93. The quantitative estimate of drug-likeness (QED) is 0.311. The third-order valence-electron chi connectivity index (χ3n) is 5.55. The summed E-state index contributed by atoms with van der Waals surface area (Å²) < 4.78 is 14.6. The van der Waals surface area contributed by atoms with E-state index in [9.17, 15) is 4.79 Å². The van der Waals surface area contributed by atoms with Crippen LogP contribution >= 0.6 is 23.1 Å². The maximum atomic E-state index is 12.7. The number of fused-ring (bicyclic) bond motifs is 1. The molecule has 1 unspecified atom stereocenters. The van der Waals surface area contributed by atoms with E-state index in [-0.39, 0.29) is 17.8 Å². The maximum absolute atomic E-state index is 12.7. The molecule has 1 fully saturated rings. The van der Waals surface area contributed by atoms with Crippen molar-refractivity contribution in [3.63, 3.8) is 0 Å². The van der Waals surface area contributed by atoms with Gasteiger partial charge in [0.2, 0.25) is 5.91 Å². The van der Waals surface area contributed by atoms with Crippen molar-refractivity contribution in [3.8, 4) is 17.0 Å². The largest absolute Gasteiger partial charge is 0.494 e. The summed E-state index contributed by atoms with van der Waals surface area (Å²) in [6.07, 6.45) is 4.18. The number of benzene rings is 2. The Kier molecular flexibility index (Phi) is 7.13. The molecule has 0 aliphatic carbocycles. The van der Waals surface area contributed by atoms with Gasteiger partial charge < -0.3 is 19.4 Å². The number of amides is 1. The summed E-state index contributed by atoms with van der Waals surface area (Å²) in [4.78, 5) is 21.9. The number of hydrogen-bond donors (Lipinski definition) is 1. The number of nitrogens with one attached hydrogen (secondary N) is 1. The van der Waals surface area contributed by atoms with Crippen LogP contribution in [0.2, 0.25) is 0 Å². The lowest BCUT2D eigenvalue weighted by Crippen LogP contribution is -2.18. The summed E-state index contributed by atoms with van der Waals surface area (Å²) in [6, 6.07) is 16.0.